The third-order valence-electron chi connectivity index (χ3n) is 3.32. The number of carbonyl (C=O) groups excluding carboxylic acids is 1. The van der Waals surface area contributed by atoms with Crippen LogP contribution in [-0.4, -0.2) is 63.5 Å². The molecular formula is C11H23N3O3S. The van der Waals surface area contributed by atoms with Crippen LogP contribution in [0.15, 0.2) is 0 Å². The average Bonchev–Trinajstić information content (AvgIpc) is 2.67. The lowest BCUT2D eigenvalue weighted by molar-refractivity contribution is -0.122. The minimum Gasteiger partial charge on any atom is -0.353 e. The number of amides is 1. The number of nitrogens with two attached hydrogens (primary N) is 1. The van der Waals surface area contributed by atoms with E-state index in [9.17, 15) is 13.2 Å². The summed E-state index contributed by atoms with van der Waals surface area (Å²) in [6.07, 6.45) is 3.54. The van der Waals surface area contributed by atoms with Gasteiger partial charge in [0.25, 0.3) is 0 Å². The van der Waals surface area contributed by atoms with E-state index in [-0.39, 0.29) is 18.1 Å². The first-order chi connectivity index (χ1) is 8.29. The lowest BCUT2D eigenvalue weighted by Crippen LogP contribution is -2.46. The van der Waals surface area contributed by atoms with Crippen LogP contribution in [0.2, 0.25) is 0 Å². The molecule has 7 heteroatoms. The highest BCUT2D eigenvalue weighted by Crippen LogP contribution is 2.13. The number of likely N-dealkylation sites (N-methyl/N-ethyl adjacent to an activating group) is 1. The molecule has 106 valence electrons. The highest BCUT2D eigenvalue weighted by molar-refractivity contribution is 7.90. The maximum atomic E-state index is 11.7. The normalized spacial score (nSPS) is 22.9. The van der Waals surface area contributed by atoms with Gasteiger partial charge in [-0.25, -0.2) is 8.42 Å². The Labute approximate surface area is 109 Å². The van der Waals surface area contributed by atoms with E-state index in [1.54, 1.807) is 0 Å². The first-order valence-corrected chi connectivity index (χ1v) is 8.27. The lowest BCUT2D eigenvalue weighted by Gasteiger charge is -2.20. The minimum absolute atomic E-state index is 0.0507. The smallest absolute Gasteiger partial charge is 0.237 e. The van der Waals surface area contributed by atoms with Crippen LogP contribution in [0, 0.1) is 0 Å². The summed E-state index contributed by atoms with van der Waals surface area (Å²) in [5.74, 6) is -0.316. The van der Waals surface area contributed by atoms with Crippen molar-refractivity contribution in [1.82, 2.24) is 10.2 Å². The Morgan fingerprint density at radius 2 is 2.22 bits per heavy atom. The van der Waals surface area contributed by atoms with Gasteiger partial charge < -0.3 is 16.0 Å². The molecule has 1 aliphatic rings. The molecule has 0 aromatic rings. The molecule has 1 aliphatic heterocycles. The van der Waals surface area contributed by atoms with Gasteiger partial charge in [-0.05, 0) is 32.9 Å². The van der Waals surface area contributed by atoms with Crippen molar-refractivity contribution in [3.8, 4) is 0 Å². The minimum atomic E-state index is -3.06. The van der Waals surface area contributed by atoms with Gasteiger partial charge in [0.15, 0.2) is 0 Å². The van der Waals surface area contributed by atoms with Crippen molar-refractivity contribution in [3.05, 3.63) is 0 Å². The summed E-state index contributed by atoms with van der Waals surface area (Å²) < 4.78 is 21.9. The van der Waals surface area contributed by atoms with E-state index in [2.05, 4.69) is 10.2 Å². The van der Waals surface area contributed by atoms with Crippen LogP contribution in [0.1, 0.15) is 19.3 Å². The standard InChI is InChI=1S/C11H23N3O3S/c1-14-6-3-4-9(14)8-13-11(15)10(12)5-7-18(2,16)17/h9-10H,3-8,12H2,1-2H3,(H,13,15). The van der Waals surface area contributed by atoms with Crippen molar-refractivity contribution in [3.63, 3.8) is 0 Å². The molecule has 1 fully saturated rings. The van der Waals surface area contributed by atoms with Gasteiger partial charge in [-0.2, -0.15) is 0 Å². The molecular weight excluding hydrogens is 254 g/mol. The molecule has 0 aromatic heterocycles. The number of nitrogens with zero attached hydrogens (tertiary/aromatic N) is 1. The van der Waals surface area contributed by atoms with E-state index in [1.165, 1.54) is 0 Å². The summed E-state index contributed by atoms with van der Waals surface area (Å²) in [5, 5.41) is 2.79. The van der Waals surface area contributed by atoms with Crippen LogP contribution in [0.25, 0.3) is 0 Å². The molecule has 1 saturated heterocycles. The number of likely N-dealkylation sites (tertiary alicyclic amines) is 1. The maximum Gasteiger partial charge on any atom is 0.237 e. The summed E-state index contributed by atoms with van der Waals surface area (Å²) in [6.45, 7) is 1.64. The average molecular weight is 277 g/mol. The Bertz CT molecular complexity index is 383. The second-order valence-corrected chi connectivity index (χ2v) is 7.31. The molecule has 2 unspecified atom stereocenters. The SMILES string of the molecule is CN1CCCC1CNC(=O)C(N)CCS(C)(=O)=O. The van der Waals surface area contributed by atoms with Crippen LogP contribution in [0.3, 0.4) is 0 Å². The Morgan fingerprint density at radius 1 is 1.56 bits per heavy atom. The molecule has 1 amide bonds. The van der Waals surface area contributed by atoms with E-state index in [0.717, 1.165) is 25.6 Å². The fourth-order valence-corrected chi connectivity index (χ4v) is 2.74. The Morgan fingerprint density at radius 3 is 2.72 bits per heavy atom. The van der Waals surface area contributed by atoms with E-state index >= 15 is 0 Å². The molecule has 6 nitrogen and oxygen atoms in total. The number of rotatable bonds is 6. The fraction of sp³-hybridized carbons (Fsp3) is 0.909. The van der Waals surface area contributed by atoms with Crippen LogP contribution in [0.4, 0.5) is 0 Å². The van der Waals surface area contributed by atoms with Crippen LogP contribution in [-0.2, 0) is 14.6 Å². The largest absolute Gasteiger partial charge is 0.353 e. The number of nitrogens with one attached hydrogen (secondary N) is 1. The first kappa shape index (κ1) is 15.4. The van der Waals surface area contributed by atoms with Crippen molar-refractivity contribution in [2.75, 3.05) is 32.1 Å². The number of hydrogen-bond acceptors (Lipinski definition) is 5. The van der Waals surface area contributed by atoms with Gasteiger partial charge in [0, 0.05) is 18.8 Å². The van der Waals surface area contributed by atoms with E-state index in [0.29, 0.717) is 12.6 Å². The summed E-state index contributed by atoms with van der Waals surface area (Å²) in [4.78, 5) is 13.9. The van der Waals surface area contributed by atoms with Crippen LogP contribution in [0.5, 0.6) is 0 Å². The summed E-state index contributed by atoms with van der Waals surface area (Å²) in [5.41, 5.74) is 5.65. The molecule has 0 radical (unpaired) electrons. The van der Waals surface area contributed by atoms with Crippen molar-refractivity contribution >= 4 is 15.7 Å². The molecule has 1 rings (SSSR count). The van der Waals surface area contributed by atoms with E-state index in [1.807, 2.05) is 7.05 Å². The highest BCUT2D eigenvalue weighted by Gasteiger charge is 2.22. The summed E-state index contributed by atoms with van der Waals surface area (Å²) in [6, 6.07) is -0.373. The fourth-order valence-electron chi connectivity index (χ4n) is 2.06. The van der Waals surface area contributed by atoms with E-state index in [4.69, 9.17) is 5.73 Å². The second kappa shape index (κ2) is 6.49. The zero-order valence-electron chi connectivity index (χ0n) is 11.1. The highest BCUT2D eigenvalue weighted by atomic mass is 32.2. The predicted octanol–water partition coefficient (Wildman–Crippen LogP) is -1.04. The van der Waals surface area contributed by atoms with Gasteiger partial charge >= 0.3 is 0 Å². The third-order valence-corrected chi connectivity index (χ3v) is 4.30. The zero-order chi connectivity index (χ0) is 13.8. The molecule has 0 spiro atoms. The second-order valence-electron chi connectivity index (χ2n) is 5.05. The Kier molecular flexibility index (Phi) is 5.55. The summed E-state index contributed by atoms with van der Waals surface area (Å²) in [7, 11) is -1.03. The molecule has 0 aliphatic carbocycles. The van der Waals surface area contributed by atoms with Gasteiger partial charge in [-0.1, -0.05) is 0 Å². The molecule has 1 heterocycles. The van der Waals surface area contributed by atoms with Gasteiger partial charge in [0.1, 0.15) is 9.84 Å². The first-order valence-electron chi connectivity index (χ1n) is 6.21. The van der Waals surface area contributed by atoms with Crippen molar-refractivity contribution in [2.45, 2.75) is 31.3 Å². The Balaban J connectivity index is 2.27. The van der Waals surface area contributed by atoms with Crippen LogP contribution >= 0.6 is 0 Å². The van der Waals surface area contributed by atoms with Crippen LogP contribution < -0.4 is 11.1 Å². The number of hydrogen-bond donors (Lipinski definition) is 2. The van der Waals surface area contributed by atoms with Gasteiger partial charge in [-0.15, -0.1) is 0 Å². The van der Waals surface area contributed by atoms with Gasteiger partial charge in [0.05, 0.1) is 11.8 Å². The summed E-state index contributed by atoms with van der Waals surface area (Å²) >= 11 is 0. The quantitative estimate of drug-likeness (QED) is 0.647. The maximum absolute atomic E-state index is 11.7. The van der Waals surface area contributed by atoms with Crippen molar-refractivity contribution < 1.29 is 13.2 Å². The third kappa shape index (κ3) is 5.32. The number of carbonyl (C=O) groups is 1. The Hall–Kier alpha value is -0.660. The molecule has 0 aromatic carbocycles. The van der Waals surface area contributed by atoms with Crippen molar-refractivity contribution in [1.29, 1.82) is 0 Å². The monoisotopic (exact) mass is 277 g/mol. The molecule has 18 heavy (non-hydrogen) atoms. The molecule has 3 N–H and O–H groups in total. The zero-order valence-corrected chi connectivity index (χ0v) is 11.9. The number of sulfone groups is 1. The predicted molar refractivity (Wildman–Crippen MR) is 71.0 cm³/mol. The topological polar surface area (TPSA) is 92.5 Å². The lowest BCUT2D eigenvalue weighted by atomic mass is 10.2. The van der Waals surface area contributed by atoms with Crippen molar-refractivity contribution in [2.24, 2.45) is 5.73 Å². The van der Waals surface area contributed by atoms with Gasteiger partial charge in [-0.3, -0.25) is 4.79 Å². The molecule has 2 atom stereocenters. The van der Waals surface area contributed by atoms with Gasteiger partial charge in [0.2, 0.25) is 5.91 Å². The van der Waals surface area contributed by atoms with E-state index < -0.39 is 15.9 Å². The molecule has 0 bridgehead atoms. The molecule has 0 saturated carbocycles.